The van der Waals surface area contributed by atoms with Crippen LogP contribution in [0.3, 0.4) is 0 Å². The minimum absolute atomic E-state index is 0.155. The van der Waals surface area contributed by atoms with Crippen molar-refractivity contribution in [2.45, 2.75) is 44.4 Å². The molecule has 27 heavy (non-hydrogen) atoms. The molecule has 0 aromatic carbocycles. The lowest BCUT2D eigenvalue weighted by atomic mass is 10.2. The fourth-order valence-electron chi connectivity index (χ4n) is 4.03. The van der Waals surface area contributed by atoms with Gasteiger partial charge in [0.25, 0.3) is 6.43 Å². The lowest BCUT2D eigenvalue weighted by Crippen LogP contribution is -2.47. The fourth-order valence-corrected chi connectivity index (χ4v) is 4.03. The number of piperazine rings is 1. The lowest BCUT2D eigenvalue weighted by molar-refractivity contribution is 0.145. The molecule has 0 bridgehead atoms. The van der Waals surface area contributed by atoms with Gasteiger partial charge in [-0.15, -0.1) is 0 Å². The Morgan fingerprint density at radius 2 is 1.74 bits per heavy atom. The monoisotopic (exact) mass is 372 g/mol. The van der Waals surface area contributed by atoms with Gasteiger partial charge in [-0.05, 0) is 32.1 Å². The molecule has 2 aliphatic carbocycles. The van der Waals surface area contributed by atoms with E-state index < -0.39 is 6.43 Å². The zero-order valence-electron chi connectivity index (χ0n) is 15.1. The van der Waals surface area contributed by atoms with Gasteiger partial charge >= 0.3 is 0 Å². The molecule has 0 unspecified atom stereocenters. The summed E-state index contributed by atoms with van der Waals surface area (Å²) in [5.74, 6) is 2.52. The molecule has 142 valence electrons. The second-order valence-electron chi connectivity index (χ2n) is 7.53. The molecule has 2 aromatic rings. The van der Waals surface area contributed by atoms with Gasteiger partial charge in [-0.3, -0.25) is 0 Å². The SMILES string of the molecule is FC(F)c1cc(N2CCN(c3ncnc4c3CCC4)CC2)nc(C2CC2)n1. The first kappa shape index (κ1) is 16.8. The highest BCUT2D eigenvalue weighted by molar-refractivity contribution is 5.52. The van der Waals surface area contributed by atoms with Gasteiger partial charge in [-0.2, -0.15) is 0 Å². The number of nitrogens with zero attached hydrogens (tertiary/aromatic N) is 6. The van der Waals surface area contributed by atoms with Gasteiger partial charge in [-0.1, -0.05) is 0 Å². The molecule has 3 heterocycles. The summed E-state index contributed by atoms with van der Waals surface area (Å²) in [5.41, 5.74) is 2.30. The van der Waals surface area contributed by atoms with Crippen LogP contribution in [0.4, 0.5) is 20.4 Å². The zero-order chi connectivity index (χ0) is 18.4. The maximum atomic E-state index is 13.3. The number of hydrogen-bond donors (Lipinski definition) is 0. The Labute approximate surface area is 156 Å². The van der Waals surface area contributed by atoms with E-state index in [-0.39, 0.29) is 11.6 Å². The molecule has 1 saturated heterocycles. The molecule has 2 fully saturated rings. The molecule has 8 heteroatoms. The Hall–Kier alpha value is -2.38. The minimum Gasteiger partial charge on any atom is -0.353 e. The fraction of sp³-hybridized carbons (Fsp3) is 0.579. The van der Waals surface area contributed by atoms with Gasteiger partial charge < -0.3 is 9.80 Å². The molecule has 5 rings (SSSR count). The molecule has 6 nitrogen and oxygen atoms in total. The highest BCUT2D eigenvalue weighted by Crippen LogP contribution is 2.39. The van der Waals surface area contributed by atoms with Crippen molar-refractivity contribution in [2.75, 3.05) is 36.0 Å². The summed E-state index contributed by atoms with van der Waals surface area (Å²) < 4.78 is 26.5. The second-order valence-corrected chi connectivity index (χ2v) is 7.53. The molecule has 0 atom stereocenters. The zero-order valence-corrected chi connectivity index (χ0v) is 15.1. The minimum atomic E-state index is -2.56. The van der Waals surface area contributed by atoms with E-state index in [1.54, 1.807) is 6.33 Å². The lowest BCUT2D eigenvalue weighted by Gasteiger charge is -2.36. The molecule has 0 spiro atoms. The highest BCUT2D eigenvalue weighted by Gasteiger charge is 2.30. The molecule has 3 aliphatic rings. The van der Waals surface area contributed by atoms with Crippen LogP contribution in [0, 0.1) is 0 Å². The Bertz CT molecular complexity index is 826. The second kappa shape index (κ2) is 6.65. The Morgan fingerprint density at radius 3 is 2.48 bits per heavy atom. The number of fused-ring (bicyclic) bond motifs is 1. The predicted octanol–water partition coefficient (Wildman–Crippen LogP) is 2.90. The molecule has 1 aliphatic heterocycles. The molecular formula is C19H22F2N6. The van der Waals surface area contributed by atoms with Crippen LogP contribution in [0.2, 0.25) is 0 Å². The third kappa shape index (κ3) is 3.21. The molecule has 0 radical (unpaired) electrons. The number of rotatable bonds is 4. The highest BCUT2D eigenvalue weighted by atomic mass is 19.3. The number of halogens is 2. The van der Waals surface area contributed by atoms with Crippen molar-refractivity contribution in [2.24, 2.45) is 0 Å². The van der Waals surface area contributed by atoms with Crippen LogP contribution in [0.5, 0.6) is 0 Å². The van der Waals surface area contributed by atoms with Crippen molar-refractivity contribution in [1.29, 1.82) is 0 Å². The van der Waals surface area contributed by atoms with Gasteiger partial charge in [0.2, 0.25) is 0 Å². The van der Waals surface area contributed by atoms with Crippen LogP contribution in [-0.4, -0.2) is 46.1 Å². The first-order chi connectivity index (χ1) is 13.2. The topological polar surface area (TPSA) is 58.0 Å². The quantitative estimate of drug-likeness (QED) is 0.823. The first-order valence-corrected chi connectivity index (χ1v) is 9.68. The average molecular weight is 372 g/mol. The van der Waals surface area contributed by atoms with E-state index in [2.05, 4.69) is 29.7 Å². The number of aromatic nitrogens is 4. The van der Waals surface area contributed by atoms with E-state index in [1.807, 2.05) is 0 Å². The van der Waals surface area contributed by atoms with Crippen LogP contribution in [0.15, 0.2) is 12.4 Å². The van der Waals surface area contributed by atoms with Crippen molar-refractivity contribution >= 4 is 11.6 Å². The van der Waals surface area contributed by atoms with Gasteiger partial charge in [0, 0.05) is 49.4 Å². The summed E-state index contributed by atoms with van der Waals surface area (Å²) >= 11 is 0. The maximum absolute atomic E-state index is 13.3. The van der Waals surface area contributed by atoms with Crippen molar-refractivity contribution in [3.63, 3.8) is 0 Å². The maximum Gasteiger partial charge on any atom is 0.280 e. The third-order valence-corrected chi connectivity index (χ3v) is 5.67. The van der Waals surface area contributed by atoms with Gasteiger partial charge in [0.1, 0.15) is 29.5 Å². The van der Waals surface area contributed by atoms with Crippen molar-refractivity contribution < 1.29 is 8.78 Å². The molecule has 0 N–H and O–H groups in total. The summed E-state index contributed by atoms with van der Waals surface area (Å²) in [4.78, 5) is 22.0. The van der Waals surface area contributed by atoms with Gasteiger partial charge in [0.05, 0.1) is 0 Å². The van der Waals surface area contributed by atoms with Gasteiger partial charge in [0.15, 0.2) is 0 Å². The van der Waals surface area contributed by atoms with E-state index in [9.17, 15) is 8.78 Å². The first-order valence-electron chi connectivity index (χ1n) is 9.68. The van der Waals surface area contributed by atoms with Gasteiger partial charge in [-0.25, -0.2) is 28.7 Å². The molecule has 0 amide bonds. The van der Waals surface area contributed by atoms with Crippen LogP contribution in [0.1, 0.15) is 54.4 Å². The third-order valence-electron chi connectivity index (χ3n) is 5.67. The Balaban J connectivity index is 1.34. The van der Waals surface area contributed by atoms with Crippen LogP contribution in [0.25, 0.3) is 0 Å². The van der Waals surface area contributed by atoms with E-state index in [1.165, 1.54) is 17.3 Å². The van der Waals surface area contributed by atoms with Crippen molar-refractivity contribution in [3.05, 3.63) is 35.2 Å². The Kier molecular flexibility index (Phi) is 4.13. The van der Waals surface area contributed by atoms with E-state index >= 15 is 0 Å². The number of anilines is 2. The van der Waals surface area contributed by atoms with E-state index in [0.29, 0.717) is 11.6 Å². The molecule has 2 aromatic heterocycles. The number of hydrogen-bond acceptors (Lipinski definition) is 6. The summed E-state index contributed by atoms with van der Waals surface area (Å²) in [6.45, 7) is 3.08. The summed E-state index contributed by atoms with van der Waals surface area (Å²) in [5, 5.41) is 0. The predicted molar refractivity (Wildman–Crippen MR) is 97.4 cm³/mol. The summed E-state index contributed by atoms with van der Waals surface area (Å²) in [6, 6.07) is 1.45. The normalized spacial score (nSPS) is 19.7. The van der Waals surface area contributed by atoms with Crippen molar-refractivity contribution in [3.8, 4) is 0 Å². The van der Waals surface area contributed by atoms with E-state index in [4.69, 9.17) is 0 Å². The van der Waals surface area contributed by atoms with Crippen LogP contribution in [-0.2, 0) is 12.8 Å². The largest absolute Gasteiger partial charge is 0.353 e. The molecule has 1 saturated carbocycles. The molecular weight excluding hydrogens is 350 g/mol. The summed E-state index contributed by atoms with van der Waals surface area (Å²) in [6.07, 6.45) is 4.31. The standard InChI is InChI=1S/C19H22F2N6/c20-17(21)15-10-16(25-18(24-15)12-4-5-12)26-6-8-27(9-7-26)19-13-2-1-3-14(13)22-11-23-19/h10-12,17H,1-9H2. The van der Waals surface area contributed by atoms with Crippen molar-refractivity contribution in [1.82, 2.24) is 19.9 Å². The Morgan fingerprint density at radius 1 is 0.963 bits per heavy atom. The number of aryl methyl sites for hydroxylation is 1. The van der Waals surface area contributed by atoms with Crippen LogP contribution < -0.4 is 9.80 Å². The van der Waals surface area contributed by atoms with E-state index in [0.717, 1.165) is 64.1 Å². The average Bonchev–Trinajstić information content (AvgIpc) is 3.44. The summed E-state index contributed by atoms with van der Waals surface area (Å²) in [7, 11) is 0. The smallest absolute Gasteiger partial charge is 0.280 e. The number of alkyl halides is 2. The van der Waals surface area contributed by atoms with Crippen LogP contribution >= 0.6 is 0 Å².